The molecule has 1 N–H and O–H groups in total. The van der Waals surface area contributed by atoms with E-state index in [9.17, 15) is 4.79 Å². The molecular weight excluding hydrogens is 306 g/mol. The predicted molar refractivity (Wildman–Crippen MR) is 82.6 cm³/mol. The normalized spacial score (nSPS) is 13.5. The van der Waals surface area contributed by atoms with Gasteiger partial charge in [-0.25, -0.2) is 0 Å². The fourth-order valence-corrected chi connectivity index (χ4v) is 2.55. The maximum absolute atomic E-state index is 12.1. The first-order chi connectivity index (χ1) is 10.6. The monoisotopic (exact) mass is 321 g/mol. The fraction of sp³-hybridized carbons (Fsp3) is 0.333. The Morgan fingerprint density at radius 2 is 2.23 bits per heavy atom. The van der Waals surface area contributed by atoms with Crippen molar-refractivity contribution in [2.75, 3.05) is 18.5 Å². The summed E-state index contributed by atoms with van der Waals surface area (Å²) in [4.78, 5) is 12.1. The van der Waals surface area contributed by atoms with Crippen molar-refractivity contribution in [2.45, 2.75) is 12.8 Å². The second-order valence-corrected chi connectivity index (χ2v) is 5.49. The summed E-state index contributed by atoms with van der Waals surface area (Å²) in [5.41, 5.74) is 1.43. The van der Waals surface area contributed by atoms with E-state index in [2.05, 4.69) is 10.4 Å². The van der Waals surface area contributed by atoms with E-state index < -0.39 is 0 Å². The lowest BCUT2D eigenvalue weighted by Crippen LogP contribution is -2.14. The molecule has 116 valence electrons. The van der Waals surface area contributed by atoms with E-state index >= 15 is 0 Å². The molecule has 0 bridgehead atoms. The van der Waals surface area contributed by atoms with Crippen LogP contribution in [0.3, 0.4) is 0 Å². The molecule has 0 atom stereocenters. The van der Waals surface area contributed by atoms with Crippen LogP contribution < -0.4 is 14.8 Å². The quantitative estimate of drug-likeness (QED) is 0.943. The van der Waals surface area contributed by atoms with E-state index in [1.54, 1.807) is 36.3 Å². The van der Waals surface area contributed by atoms with Crippen LogP contribution in [0.2, 0.25) is 5.02 Å². The minimum absolute atomic E-state index is 0.140. The second kappa shape index (κ2) is 6.27. The van der Waals surface area contributed by atoms with Crippen LogP contribution in [0.1, 0.15) is 12.0 Å². The molecule has 3 rings (SSSR count). The zero-order chi connectivity index (χ0) is 15.5. The number of amides is 1. The molecular formula is C15H16ClN3O3. The van der Waals surface area contributed by atoms with E-state index in [0.717, 1.165) is 12.0 Å². The molecule has 0 spiro atoms. The lowest BCUT2D eigenvalue weighted by molar-refractivity contribution is -0.115. The van der Waals surface area contributed by atoms with Crippen LogP contribution >= 0.6 is 11.6 Å². The van der Waals surface area contributed by atoms with Gasteiger partial charge >= 0.3 is 0 Å². The number of aromatic nitrogens is 2. The molecule has 2 aromatic rings. The molecule has 1 aromatic heterocycles. The number of rotatable bonds is 3. The molecule has 0 unspecified atom stereocenters. The van der Waals surface area contributed by atoms with Crippen LogP contribution in [0.15, 0.2) is 24.5 Å². The Labute approximate surface area is 133 Å². The summed E-state index contributed by atoms with van der Waals surface area (Å²) in [5.74, 6) is 1.00. The fourth-order valence-electron chi connectivity index (χ4n) is 2.26. The number of carbonyl (C=O) groups excluding carboxylic acids is 1. The molecule has 1 amide bonds. The average molecular weight is 322 g/mol. The Bertz CT molecular complexity index is 699. The SMILES string of the molecule is Cn1cc(NC(=O)Cc2cc(Cl)c3c(c2)OCCCO3)cn1. The second-order valence-electron chi connectivity index (χ2n) is 5.08. The van der Waals surface area contributed by atoms with Crippen molar-refractivity contribution in [3.05, 3.63) is 35.1 Å². The molecule has 7 heteroatoms. The van der Waals surface area contributed by atoms with Gasteiger partial charge in [0, 0.05) is 19.7 Å². The molecule has 0 aliphatic carbocycles. The summed E-state index contributed by atoms with van der Waals surface area (Å²) in [6.45, 7) is 1.15. The summed E-state index contributed by atoms with van der Waals surface area (Å²) in [7, 11) is 1.79. The highest BCUT2D eigenvalue weighted by Gasteiger charge is 2.17. The third kappa shape index (κ3) is 3.33. The molecule has 6 nitrogen and oxygen atoms in total. The average Bonchev–Trinajstić information content (AvgIpc) is 2.72. The lowest BCUT2D eigenvalue weighted by Gasteiger charge is -2.11. The molecule has 0 saturated heterocycles. The number of ether oxygens (including phenoxy) is 2. The number of benzene rings is 1. The standard InChI is InChI=1S/C15H16ClN3O3/c1-19-9-11(8-17-19)18-14(20)7-10-5-12(16)15-13(6-10)21-3-2-4-22-15/h5-6,8-9H,2-4,7H2,1H3,(H,18,20). The summed E-state index contributed by atoms with van der Waals surface area (Å²) >= 11 is 6.22. The van der Waals surface area contributed by atoms with Crippen molar-refractivity contribution in [2.24, 2.45) is 7.05 Å². The van der Waals surface area contributed by atoms with Crippen molar-refractivity contribution < 1.29 is 14.3 Å². The minimum Gasteiger partial charge on any atom is -0.489 e. The predicted octanol–water partition coefficient (Wildman–Crippen LogP) is 2.42. The Kier molecular flexibility index (Phi) is 4.20. The molecule has 1 aliphatic rings. The van der Waals surface area contributed by atoms with Crippen molar-refractivity contribution in [1.29, 1.82) is 0 Å². The van der Waals surface area contributed by atoms with Gasteiger partial charge in [-0.15, -0.1) is 0 Å². The van der Waals surface area contributed by atoms with E-state index in [1.165, 1.54) is 0 Å². The van der Waals surface area contributed by atoms with Crippen LogP contribution in [0, 0.1) is 0 Å². The smallest absolute Gasteiger partial charge is 0.228 e. The topological polar surface area (TPSA) is 65.4 Å². The van der Waals surface area contributed by atoms with Crippen molar-refractivity contribution in [1.82, 2.24) is 9.78 Å². The number of halogens is 1. The number of aryl methyl sites for hydroxylation is 1. The first-order valence-corrected chi connectivity index (χ1v) is 7.36. The van der Waals surface area contributed by atoms with Gasteiger partial charge in [-0.1, -0.05) is 11.6 Å². The van der Waals surface area contributed by atoms with Gasteiger partial charge in [-0.3, -0.25) is 9.48 Å². The third-order valence-corrected chi connectivity index (χ3v) is 3.50. The Morgan fingerprint density at radius 3 is 3.00 bits per heavy atom. The van der Waals surface area contributed by atoms with Crippen molar-refractivity contribution in [3.63, 3.8) is 0 Å². The van der Waals surface area contributed by atoms with Crippen molar-refractivity contribution in [3.8, 4) is 11.5 Å². The zero-order valence-electron chi connectivity index (χ0n) is 12.1. The molecule has 1 aliphatic heterocycles. The molecule has 2 heterocycles. The van der Waals surface area contributed by atoms with Gasteiger partial charge in [0.2, 0.25) is 5.91 Å². The van der Waals surface area contributed by atoms with Crippen LogP contribution in [0.4, 0.5) is 5.69 Å². The van der Waals surface area contributed by atoms with Crippen LogP contribution in [0.5, 0.6) is 11.5 Å². The van der Waals surface area contributed by atoms with E-state index in [4.69, 9.17) is 21.1 Å². The Morgan fingerprint density at radius 1 is 1.41 bits per heavy atom. The number of nitrogens with one attached hydrogen (secondary N) is 1. The summed E-state index contributed by atoms with van der Waals surface area (Å²) in [5, 5.41) is 7.25. The highest BCUT2D eigenvalue weighted by Crippen LogP contribution is 2.38. The van der Waals surface area contributed by atoms with Gasteiger partial charge in [0.1, 0.15) is 0 Å². The number of carbonyl (C=O) groups is 1. The van der Waals surface area contributed by atoms with Crippen LogP contribution in [-0.2, 0) is 18.3 Å². The third-order valence-electron chi connectivity index (χ3n) is 3.22. The summed E-state index contributed by atoms with van der Waals surface area (Å²) in [6, 6.07) is 3.53. The molecule has 22 heavy (non-hydrogen) atoms. The summed E-state index contributed by atoms with van der Waals surface area (Å²) in [6.07, 6.45) is 4.34. The van der Waals surface area contributed by atoms with E-state index in [0.29, 0.717) is 35.4 Å². The Balaban J connectivity index is 1.73. The van der Waals surface area contributed by atoms with Gasteiger partial charge in [0.25, 0.3) is 0 Å². The van der Waals surface area contributed by atoms with Crippen LogP contribution in [-0.4, -0.2) is 28.9 Å². The number of nitrogens with zero attached hydrogens (tertiary/aromatic N) is 2. The van der Waals surface area contributed by atoms with Gasteiger partial charge in [-0.2, -0.15) is 5.10 Å². The van der Waals surface area contributed by atoms with Gasteiger partial charge in [-0.05, 0) is 17.7 Å². The first kappa shape index (κ1) is 14.7. The van der Waals surface area contributed by atoms with E-state index in [-0.39, 0.29) is 12.3 Å². The highest BCUT2D eigenvalue weighted by atomic mass is 35.5. The van der Waals surface area contributed by atoms with Gasteiger partial charge in [0.15, 0.2) is 11.5 Å². The molecule has 0 fully saturated rings. The number of anilines is 1. The first-order valence-electron chi connectivity index (χ1n) is 6.98. The summed E-state index contributed by atoms with van der Waals surface area (Å²) < 4.78 is 12.8. The zero-order valence-corrected chi connectivity index (χ0v) is 12.9. The number of fused-ring (bicyclic) bond motifs is 1. The molecule has 0 saturated carbocycles. The maximum atomic E-state index is 12.1. The number of hydrogen-bond donors (Lipinski definition) is 1. The maximum Gasteiger partial charge on any atom is 0.228 e. The van der Waals surface area contributed by atoms with Crippen LogP contribution in [0.25, 0.3) is 0 Å². The molecule has 0 radical (unpaired) electrons. The minimum atomic E-state index is -0.140. The van der Waals surface area contributed by atoms with Gasteiger partial charge in [0.05, 0.1) is 36.5 Å². The number of hydrogen-bond acceptors (Lipinski definition) is 4. The largest absolute Gasteiger partial charge is 0.489 e. The molecule has 1 aromatic carbocycles. The van der Waals surface area contributed by atoms with E-state index in [1.807, 2.05) is 0 Å². The van der Waals surface area contributed by atoms with Crippen molar-refractivity contribution >= 4 is 23.2 Å². The lowest BCUT2D eigenvalue weighted by atomic mass is 10.1. The van der Waals surface area contributed by atoms with Gasteiger partial charge < -0.3 is 14.8 Å². The highest BCUT2D eigenvalue weighted by molar-refractivity contribution is 6.32. The Hall–Kier alpha value is -2.21.